The third-order valence-electron chi connectivity index (χ3n) is 6.58. The molecule has 6 nitrogen and oxygen atoms in total. The van der Waals surface area contributed by atoms with Crippen molar-refractivity contribution in [1.82, 2.24) is 0 Å². The number of hydrogen-bond acceptors (Lipinski definition) is 5. The normalized spacial score (nSPS) is 21.1. The highest BCUT2D eigenvalue weighted by Gasteiger charge is 2.33. The number of benzene rings is 2. The molecule has 184 valence electrons. The summed E-state index contributed by atoms with van der Waals surface area (Å²) in [5, 5.41) is 9.19. The molecular weight excluding hydrogens is 442 g/mol. The summed E-state index contributed by atoms with van der Waals surface area (Å²) in [6.45, 7) is 6.35. The minimum absolute atomic E-state index is 0.00528. The molecule has 1 N–H and O–H groups in total. The predicted octanol–water partition coefficient (Wildman–Crippen LogP) is 5.10. The molecule has 2 saturated heterocycles. The molecule has 2 aliphatic rings. The van der Waals surface area contributed by atoms with Gasteiger partial charge in [0.2, 0.25) is 0 Å². The number of piperidine rings is 1. The van der Waals surface area contributed by atoms with E-state index in [1.54, 1.807) is 24.3 Å². The average molecular weight is 475 g/mol. The second-order valence-electron chi connectivity index (χ2n) is 9.21. The number of aliphatic carboxylic acids is 1. The van der Waals surface area contributed by atoms with E-state index in [0.29, 0.717) is 67.9 Å². The van der Waals surface area contributed by atoms with Crippen LogP contribution >= 0.6 is 0 Å². The van der Waals surface area contributed by atoms with Crippen LogP contribution in [0.1, 0.15) is 39.5 Å². The zero-order valence-corrected chi connectivity index (χ0v) is 19.7. The fraction of sp³-hybridized carbons (Fsp3) is 0.500. The topological polar surface area (TPSA) is 62.2 Å². The fourth-order valence-electron chi connectivity index (χ4n) is 5.03. The number of halogens is 2. The summed E-state index contributed by atoms with van der Waals surface area (Å²) in [6, 6.07) is 9.38. The average Bonchev–Trinajstić information content (AvgIpc) is 3.15. The smallest absolute Gasteiger partial charge is 0.305 e. The van der Waals surface area contributed by atoms with Crippen molar-refractivity contribution >= 4 is 17.3 Å². The lowest BCUT2D eigenvalue weighted by atomic mass is 10.1. The van der Waals surface area contributed by atoms with Crippen LogP contribution in [0.5, 0.6) is 11.5 Å². The number of carboxylic acid groups (broad SMARTS) is 1. The lowest BCUT2D eigenvalue weighted by Gasteiger charge is -2.34. The molecule has 4 rings (SSSR count). The van der Waals surface area contributed by atoms with E-state index in [1.165, 1.54) is 12.1 Å². The summed E-state index contributed by atoms with van der Waals surface area (Å²) >= 11 is 0. The van der Waals surface area contributed by atoms with Crippen molar-refractivity contribution in [3.05, 3.63) is 48.0 Å². The second-order valence-corrected chi connectivity index (χ2v) is 9.21. The molecule has 0 saturated carbocycles. The minimum atomic E-state index is -0.875. The Hall–Kier alpha value is -3.03. The number of hydrogen-bond donors (Lipinski definition) is 1. The Labute approximate surface area is 199 Å². The fourth-order valence-corrected chi connectivity index (χ4v) is 5.03. The van der Waals surface area contributed by atoms with Crippen LogP contribution in [0.3, 0.4) is 0 Å². The Bertz CT molecular complexity index is 1010. The largest absolute Gasteiger partial charge is 0.494 e. The molecule has 2 aromatic rings. The van der Waals surface area contributed by atoms with Gasteiger partial charge in [0.05, 0.1) is 24.4 Å². The van der Waals surface area contributed by atoms with Crippen molar-refractivity contribution < 1.29 is 28.2 Å². The molecule has 0 bridgehead atoms. The van der Waals surface area contributed by atoms with Gasteiger partial charge < -0.3 is 24.4 Å². The molecular formula is C26H32F2N2O4. The van der Waals surface area contributed by atoms with E-state index < -0.39 is 11.8 Å². The minimum Gasteiger partial charge on any atom is -0.494 e. The summed E-state index contributed by atoms with van der Waals surface area (Å²) in [5.74, 6) is -0.159. The number of carbonyl (C=O) groups is 1. The molecule has 2 aliphatic heterocycles. The van der Waals surface area contributed by atoms with E-state index in [0.717, 1.165) is 6.42 Å². The van der Waals surface area contributed by atoms with Crippen LogP contribution < -0.4 is 19.3 Å². The Kier molecular flexibility index (Phi) is 7.44. The molecule has 0 spiro atoms. The van der Waals surface area contributed by atoms with Crippen molar-refractivity contribution in [3.63, 3.8) is 0 Å². The SMILES string of the molecule is CCOc1ccc(F)c(N2CCC(Oc3ccc(N4C[C@H](C)C[C@@H]4CC(=O)O)c(F)c3)CC2)c1. The number of ether oxygens (including phenoxy) is 2. The van der Waals surface area contributed by atoms with Gasteiger partial charge in [-0.15, -0.1) is 0 Å². The van der Waals surface area contributed by atoms with Crippen molar-refractivity contribution in [3.8, 4) is 11.5 Å². The summed E-state index contributed by atoms with van der Waals surface area (Å²) in [6.07, 6.45) is 2.01. The lowest BCUT2D eigenvalue weighted by Crippen LogP contribution is -2.38. The van der Waals surface area contributed by atoms with Crippen LogP contribution in [-0.4, -0.2) is 49.5 Å². The molecule has 0 radical (unpaired) electrons. The highest BCUT2D eigenvalue weighted by Crippen LogP contribution is 2.35. The molecule has 34 heavy (non-hydrogen) atoms. The van der Waals surface area contributed by atoms with E-state index in [-0.39, 0.29) is 24.4 Å². The Morgan fingerprint density at radius 3 is 2.47 bits per heavy atom. The Balaban J connectivity index is 1.37. The molecule has 0 unspecified atom stereocenters. The van der Waals surface area contributed by atoms with E-state index in [1.807, 2.05) is 16.7 Å². The Morgan fingerprint density at radius 2 is 1.79 bits per heavy atom. The molecule has 2 atom stereocenters. The van der Waals surface area contributed by atoms with Crippen molar-refractivity contribution in [2.24, 2.45) is 5.92 Å². The van der Waals surface area contributed by atoms with Crippen molar-refractivity contribution in [1.29, 1.82) is 0 Å². The van der Waals surface area contributed by atoms with Gasteiger partial charge >= 0.3 is 5.97 Å². The van der Waals surface area contributed by atoms with Crippen molar-refractivity contribution in [2.45, 2.75) is 51.7 Å². The van der Waals surface area contributed by atoms with Gasteiger partial charge in [-0.3, -0.25) is 4.79 Å². The number of anilines is 2. The van der Waals surface area contributed by atoms with Gasteiger partial charge in [0.15, 0.2) is 0 Å². The zero-order valence-electron chi connectivity index (χ0n) is 19.7. The van der Waals surface area contributed by atoms with Crippen LogP contribution in [0.15, 0.2) is 36.4 Å². The lowest BCUT2D eigenvalue weighted by molar-refractivity contribution is -0.137. The zero-order chi connectivity index (χ0) is 24.2. The van der Waals surface area contributed by atoms with Crippen LogP contribution in [0.25, 0.3) is 0 Å². The maximum absolute atomic E-state index is 15.0. The highest BCUT2D eigenvalue weighted by molar-refractivity contribution is 5.69. The van der Waals surface area contributed by atoms with Gasteiger partial charge in [0.25, 0.3) is 0 Å². The van der Waals surface area contributed by atoms with Gasteiger partial charge in [-0.25, -0.2) is 8.78 Å². The molecule has 0 aromatic heterocycles. The molecule has 2 aromatic carbocycles. The van der Waals surface area contributed by atoms with Gasteiger partial charge in [0.1, 0.15) is 29.2 Å². The van der Waals surface area contributed by atoms with Gasteiger partial charge in [-0.05, 0) is 43.5 Å². The summed E-state index contributed by atoms with van der Waals surface area (Å²) in [5.41, 5.74) is 0.943. The van der Waals surface area contributed by atoms with E-state index in [9.17, 15) is 18.7 Å². The van der Waals surface area contributed by atoms with Crippen LogP contribution in [0.4, 0.5) is 20.2 Å². The maximum atomic E-state index is 15.0. The molecule has 8 heteroatoms. The first-order valence-electron chi connectivity index (χ1n) is 12.0. The first kappa shape index (κ1) is 24.1. The van der Waals surface area contributed by atoms with E-state index in [4.69, 9.17) is 9.47 Å². The van der Waals surface area contributed by atoms with Crippen LogP contribution in [0, 0.1) is 17.6 Å². The first-order valence-corrected chi connectivity index (χ1v) is 12.0. The number of rotatable bonds is 8. The van der Waals surface area contributed by atoms with Crippen LogP contribution in [-0.2, 0) is 4.79 Å². The quantitative estimate of drug-likeness (QED) is 0.574. The standard InChI is InChI=1S/C26H32F2N2O4/c1-3-33-20-4-6-22(27)25(15-20)29-10-8-19(9-11-29)34-21-5-7-24(23(28)14-21)30-16-17(2)12-18(30)13-26(31)32/h4-7,14-15,17-19H,3,8-13,16H2,1-2H3,(H,31,32)/t17-,18-/m1/s1. The number of carboxylic acids is 1. The van der Waals surface area contributed by atoms with E-state index in [2.05, 4.69) is 6.92 Å². The van der Waals surface area contributed by atoms with Crippen molar-refractivity contribution in [2.75, 3.05) is 36.0 Å². The maximum Gasteiger partial charge on any atom is 0.305 e. The summed E-state index contributed by atoms with van der Waals surface area (Å²) in [4.78, 5) is 15.1. The predicted molar refractivity (Wildman–Crippen MR) is 127 cm³/mol. The second kappa shape index (κ2) is 10.5. The number of nitrogens with zero attached hydrogens (tertiary/aromatic N) is 2. The van der Waals surface area contributed by atoms with Gasteiger partial charge in [0, 0.05) is 50.7 Å². The molecule has 0 amide bonds. The molecule has 0 aliphatic carbocycles. The highest BCUT2D eigenvalue weighted by atomic mass is 19.1. The Morgan fingerprint density at radius 1 is 1.06 bits per heavy atom. The van der Waals surface area contributed by atoms with Gasteiger partial charge in [-0.1, -0.05) is 6.92 Å². The third-order valence-corrected chi connectivity index (χ3v) is 6.58. The monoisotopic (exact) mass is 474 g/mol. The first-order chi connectivity index (χ1) is 16.3. The molecule has 2 fully saturated rings. The summed E-state index contributed by atoms with van der Waals surface area (Å²) in [7, 11) is 0. The van der Waals surface area contributed by atoms with Crippen LogP contribution in [0.2, 0.25) is 0 Å². The van der Waals surface area contributed by atoms with Gasteiger partial charge in [-0.2, -0.15) is 0 Å². The van der Waals surface area contributed by atoms with E-state index >= 15 is 0 Å². The summed E-state index contributed by atoms with van der Waals surface area (Å²) < 4.78 is 40.9. The third kappa shape index (κ3) is 5.54. The molecule has 2 heterocycles.